The summed E-state index contributed by atoms with van der Waals surface area (Å²) in [7, 11) is 1.69. The molecular weight excluding hydrogens is 356 g/mol. The number of methoxy groups -OCH3 is 1. The molecule has 3 nitrogen and oxygen atoms in total. The van der Waals surface area contributed by atoms with Crippen molar-refractivity contribution in [2.24, 2.45) is 5.92 Å². The van der Waals surface area contributed by atoms with Gasteiger partial charge in [0.15, 0.2) is 24.8 Å². The number of aryl methyl sites for hydroxylation is 1. The van der Waals surface area contributed by atoms with Gasteiger partial charge in [0.05, 0.1) is 7.11 Å². The van der Waals surface area contributed by atoms with E-state index in [1.807, 2.05) is 12.1 Å². The van der Waals surface area contributed by atoms with Crippen LogP contribution in [0.2, 0.25) is 0 Å². The van der Waals surface area contributed by atoms with Crippen LogP contribution in [-0.4, -0.2) is 7.11 Å². The predicted molar refractivity (Wildman–Crippen MR) is 116 cm³/mol. The molecule has 1 aliphatic carbocycles. The highest BCUT2D eigenvalue weighted by Gasteiger charge is 2.14. The van der Waals surface area contributed by atoms with Gasteiger partial charge in [0.2, 0.25) is 5.69 Å². The molecule has 2 heterocycles. The fraction of sp³-hybridized carbons (Fsp3) is 0.385. The van der Waals surface area contributed by atoms with Crippen LogP contribution in [0.4, 0.5) is 0 Å². The van der Waals surface area contributed by atoms with Crippen molar-refractivity contribution in [3.05, 3.63) is 73.3 Å². The largest absolute Gasteiger partial charge is 0.497 e. The highest BCUT2D eigenvalue weighted by molar-refractivity contribution is 5.61. The highest BCUT2D eigenvalue weighted by atomic mass is 16.5. The lowest BCUT2D eigenvalue weighted by Gasteiger charge is -2.07. The zero-order valence-corrected chi connectivity index (χ0v) is 17.5. The molecule has 1 aromatic carbocycles. The Labute approximate surface area is 174 Å². The van der Waals surface area contributed by atoms with Gasteiger partial charge in [-0.3, -0.25) is 0 Å². The average molecular weight is 389 g/mol. The maximum absolute atomic E-state index is 5.23. The van der Waals surface area contributed by atoms with Gasteiger partial charge in [-0.1, -0.05) is 32.1 Å². The molecule has 3 heteroatoms. The third-order valence-electron chi connectivity index (χ3n) is 6.18. The molecule has 1 saturated carbocycles. The molecule has 0 atom stereocenters. The Hall–Kier alpha value is -2.68. The molecule has 150 valence electrons. The number of hydrogen-bond acceptors (Lipinski definition) is 1. The van der Waals surface area contributed by atoms with Crippen molar-refractivity contribution in [1.29, 1.82) is 0 Å². The van der Waals surface area contributed by atoms with Gasteiger partial charge in [-0.25, -0.2) is 4.57 Å². The smallest absolute Gasteiger partial charge is 0.210 e. The van der Waals surface area contributed by atoms with Crippen LogP contribution in [0.25, 0.3) is 16.8 Å². The van der Waals surface area contributed by atoms with Gasteiger partial charge in [0.25, 0.3) is 0 Å². The Morgan fingerprint density at radius 2 is 1.41 bits per heavy atom. The van der Waals surface area contributed by atoms with Crippen LogP contribution in [-0.2, 0) is 6.54 Å². The molecule has 1 fully saturated rings. The summed E-state index contributed by atoms with van der Waals surface area (Å²) in [6, 6.07) is 16.9. The Balaban J connectivity index is 1.32. The highest BCUT2D eigenvalue weighted by Crippen LogP contribution is 2.28. The molecule has 29 heavy (non-hydrogen) atoms. The number of unbranched alkanes of at least 4 members (excludes halogenated alkanes) is 1. The summed E-state index contributed by atoms with van der Waals surface area (Å²) in [6.07, 6.45) is 18.6. The lowest BCUT2D eigenvalue weighted by atomic mass is 10.0. The molecule has 0 bridgehead atoms. The number of nitrogens with zero attached hydrogens (tertiary/aromatic N) is 2. The molecule has 0 spiro atoms. The lowest BCUT2D eigenvalue weighted by Crippen LogP contribution is -2.32. The first-order chi connectivity index (χ1) is 14.3. The maximum atomic E-state index is 5.23. The number of aromatic nitrogens is 2. The Morgan fingerprint density at radius 1 is 0.793 bits per heavy atom. The van der Waals surface area contributed by atoms with Crippen LogP contribution < -0.4 is 13.9 Å². The van der Waals surface area contributed by atoms with Crippen LogP contribution in [0, 0.1) is 5.92 Å². The van der Waals surface area contributed by atoms with E-state index in [-0.39, 0.29) is 0 Å². The van der Waals surface area contributed by atoms with E-state index < -0.39 is 0 Å². The van der Waals surface area contributed by atoms with Gasteiger partial charge in [-0.2, -0.15) is 4.57 Å². The van der Waals surface area contributed by atoms with Crippen molar-refractivity contribution < 1.29 is 13.9 Å². The SMILES string of the molecule is COc1ccc(-[n+]2ccc(-c3cc[n+](CCCCC4CCCC4)cc3)cc2)cc1. The first-order valence-electron chi connectivity index (χ1n) is 11.0. The van der Waals surface area contributed by atoms with Crippen molar-refractivity contribution in [3.63, 3.8) is 0 Å². The Bertz CT molecular complexity index is 880. The fourth-order valence-electron chi connectivity index (χ4n) is 4.37. The standard InChI is InChI=1S/C26H32N2O/c1-29-26-11-9-25(10-12-26)28-20-15-24(16-21-28)23-13-18-27(19-14-23)17-5-4-8-22-6-2-3-7-22/h9-16,18-22H,2-8,17H2,1H3/q+2. The molecule has 3 aromatic rings. The Morgan fingerprint density at radius 3 is 2.03 bits per heavy atom. The number of rotatable bonds is 8. The Kier molecular flexibility index (Phi) is 6.56. The van der Waals surface area contributed by atoms with E-state index in [9.17, 15) is 0 Å². The second-order valence-corrected chi connectivity index (χ2v) is 8.16. The van der Waals surface area contributed by atoms with Gasteiger partial charge in [-0.15, -0.1) is 0 Å². The quantitative estimate of drug-likeness (QED) is 0.379. The molecular formula is C26H32N2O+2. The number of hydrogen-bond donors (Lipinski definition) is 0. The monoisotopic (exact) mass is 388 g/mol. The van der Waals surface area contributed by atoms with Crippen molar-refractivity contribution in [3.8, 4) is 22.6 Å². The molecule has 0 radical (unpaired) electrons. The number of ether oxygens (including phenoxy) is 1. The summed E-state index contributed by atoms with van der Waals surface area (Å²) in [6.45, 7) is 1.12. The summed E-state index contributed by atoms with van der Waals surface area (Å²) in [5.74, 6) is 1.89. The zero-order valence-electron chi connectivity index (χ0n) is 17.5. The van der Waals surface area contributed by atoms with Crippen molar-refractivity contribution in [2.45, 2.75) is 51.5 Å². The molecule has 0 amide bonds. The van der Waals surface area contributed by atoms with E-state index in [1.165, 1.54) is 56.1 Å². The lowest BCUT2D eigenvalue weighted by molar-refractivity contribution is -0.697. The molecule has 4 rings (SSSR count). The topological polar surface area (TPSA) is 17.0 Å². The van der Waals surface area contributed by atoms with Crippen LogP contribution in [0.3, 0.4) is 0 Å². The van der Waals surface area contributed by atoms with Crippen LogP contribution in [0.5, 0.6) is 5.75 Å². The predicted octanol–water partition coefficient (Wildman–Crippen LogP) is 5.29. The summed E-state index contributed by atoms with van der Waals surface area (Å²) < 4.78 is 9.67. The van der Waals surface area contributed by atoms with Crippen molar-refractivity contribution in [1.82, 2.24) is 0 Å². The van der Waals surface area contributed by atoms with E-state index in [0.29, 0.717) is 0 Å². The molecule has 0 unspecified atom stereocenters. The second-order valence-electron chi connectivity index (χ2n) is 8.16. The zero-order chi connectivity index (χ0) is 19.9. The summed E-state index contributed by atoms with van der Waals surface area (Å²) in [5.41, 5.74) is 3.62. The van der Waals surface area contributed by atoms with E-state index in [1.54, 1.807) is 7.11 Å². The maximum Gasteiger partial charge on any atom is 0.210 e. The van der Waals surface area contributed by atoms with Crippen molar-refractivity contribution in [2.75, 3.05) is 7.11 Å². The summed E-state index contributed by atoms with van der Waals surface area (Å²) >= 11 is 0. The third kappa shape index (κ3) is 5.23. The first-order valence-corrected chi connectivity index (χ1v) is 11.0. The molecule has 2 aromatic heterocycles. The average Bonchev–Trinajstić information content (AvgIpc) is 3.31. The van der Waals surface area contributed by atoms with E-state index in [4.69, 9.17) is 4.74 Å². The van der Waals surface area contributed by atoms with Gasteiger partial charge in [-0.05, 0) is 35.6 Å². The van der Waals surface area contributed by atoms with E-state index in [2.05, 4.69) is 70.3 Å². The van der Waals surface area contributed by atoms with E-state index >= 15 is 0 Å². The molecule has 0 N–H and O–H groups in total. The van der Waals surface area contributed by atoms with Crippen LogP contribution >= 0.6 is 0 Å². The first kappa shape index (κ1) is 19.6. The second kappa shape index (κ2) is 9.69. The fourth-order valence-corrected chi connectivity index (χ4v) is 4.37. The van der Waals surface area contributed by atoms with Gasteiger partial charge < -0.3 is 4.74 Å². The van der Waals surface area contributed by atoms with Crippen LogP contribution in [0.1, 0.15) is 44.9 Å². The van der Waals surface area contributed by atoms with Crippen LogP contribution in [0.15, 0.2) is 73.3 Å². The minimum absolute atomic E-state index is 0.877. The van der Waals surface area contributed by atoms with Crippen molar-refractivity contribution >= 4 is 0 Å². The molecule has 1 aliphatic rings. The molecule has 0 aliphatic heterocycles. The minimum atomic E-state index is 0.877. The number of pyridine rings is 2. The van der Waals surface area contributed by atoms with E-state index in [0.717, 1.165) is 23.9 Å². The summed E-state index contributed by atoms with van der Waals surface area (Å²) in [4.78, 5) is 0. The van der Waals surface area contributed by atoms with Gasteiger partial charge in [0.1, 0.15) is 12.3 Å². The molecule has 0 saturated heterocycles. The minimum Gasteiger partial charge on any atom is -0.497 e. The summed E-state index contributed by atoms with van der Waals surface area (Å²) in [5, 5.41) is 0. The normalized spacial score (nSPS) is 14.2. The van der Waals surface area contributed by atoms with Gasteiger partial charge >= 0.3 is 0 Å². The van der Waals surface area contributed by atoms with Gasteiger partial charge in [0, 0.05) is 42.8 Å². The third-order valence-corrected chi connectivity index (χ3v) is 6.18. The number of benzene rings is 1.